The van der Waals surface area contributed by atoms with Gasteiger partial charge in [-0.25, -0.2) is 0 Å². The highest BCUT2D eigenvalue weighted by molar-refractivity contribution is 6.32. The molecule has 0 amide bonds. The first kappa shape index (κ1) is 11.0. The number of ether oxygens (including phenoxy) is 1. The largest absolute Gasteiger partial charge is 0.469 e. The lowest BCUT2D eigenvalue weighted by atomic mass is 10.2. The summed E-state index contributed by atoms with van der Waals surface area (Å²) in [5.41, 5.74) is 1.52. The van der Waals surface area contributed by atoms with Crippen LogP contribution in [0.25, 0.3) is 0 Å². The first-order valence-electron chi connectivity index (χ1n) is 4.37. The molecule has 0 fully saturated rings. The van der Waals surface area contributed by atoms with Gasteiger partial charge in [0.1, 0.15) is 0 Å². The molecule has 0 N–H and O–H groups in total. The molecule has 5 heteroatoms. The number of carbonyl (C=O) groups is 1. The summed E-state index contributed by atoms with van der Waals surface area (Å²) in [5, 5.41) is 4.76. The fraction of sp³-hybridized carbons (Fsp3) is 0.556. The van der Waals surface area contributed by atoms with Crippen molar-refractivity contribution in [2.75, 3.05) is 7.11 Å². The third-order valence-electron chi connectivity index (χ3n) is 2.04. The molecule has 0 bridgehead atoms. The molecule has 1 rings (SSSR count). The second-order valence-corrected chi connectivity index (χ2v) is 3.32. The molecule has 0 aliphatic carbocycles. The van der Waals surface area contributed by atoms with Crippen LogP contribution in [0.3, 0.4) is 0 Å². The molecule has 0 saturated heterocycles. The molecule has 0 saturated carbocycles. The van der Waals surface area contributed by atoms with E-state index in [0.717, 1.165) is 12.1 Å². The van der Waals surface area contributed by atoms with Crippen LogP contribution in [0.15, 0.2) is 0 Å². The number of aromatic nitrogens is 2. The van der Waals surface area contributed by atoms with Gasteiger partial charge in [-0.05, 0) is 6.42 Å². The van der Waals surface area contributed by atoms with E-state index in [9.17, 15) is 4.79 Å². The van der Waals surface area contributed by atoms with E-state index >= 15 is 0 Å². The van der Waals surface area contributed by atoms with Crippen LogP contribution in [0.4, 0.5) is 0 Å². The van der Waals surface area contributed by atoms with Gasteiger partial charge in [-0.15, -0.1) is 0 Å². The Hall–Kier alpha value is -1.03. The maximum absolute atomic E-state index is 11.1. The SMILES string of the molecule is CCc1nn(C)c(CC(=O)OC)c1Cl. The Kier molecular flexibility index (Phi) is 3.52. The van der Waals surface area contributed by atoms with E-state index in [4.69, 9.17) is 11.6 Å². The summed E-state index contributed by atoms with van der Waals surface area (Å²) >= 11 is 6.04. The molecule has 1 aromatic heterocycles. The number of esters is 1. The van der Waals surface area contributed by atoms with Crippen LogP contribution in [0, 0.1) is 0 Å². The van der Waals surface area contributed by atoms with Crippen molar-refractivity contribution in [1.82, 2.24) is 9.78 Å². The summed E-state index contributed by atoms with van der Waals surface area (Å²) in [6.07, 6.45) is 0.923. The van der Waals surface area contributed by atoms with Crippen LogP contribution in [-0.2, 0) is 29.4 Å². The van der Waals surface area contributed by atoms with Crippen molar-refractivity contribution in [3.05, 3.63) is 16.4 Å². The fourth-order valence-corrected chi connectivity index (χ4v) is 1.58. The van der Waals surface area contributed by atoms with Gasteiger partial charge < -0.3 is 4.74 Å². The Morgan fingerprint density at radius 3 is 2.71 bits per heavy atom. The molecule has 1 heterocycles. The quantitative estimate of drug-likeness (QED) is 0.717. The number of rotatable bonds is 3. The van der Waals surface area contributed by atoms with Crippen molar-refractivity contribution in [3.63, 3.8) is 0 Å². The van der Waals surface area contributed by atoms with Crippen LogP contribution in [0.1, 0.15) is 18.3 Å². The number of hydrogen-bond acceptors (Lipinski definition) is 3. The predicted molar refractivity (Wildman–Crippen MR) is 53.3 cm³/mol. The number of methoxy groups -OCH3 is 1. The zero-order valence-electron chi connectivity index (χ0n) is 8.50. The Morgan fingerprint density at radius 1 is 1.64 bits per heavy atom. The van der Waals surface area contributed by atoms with E-state index < -0.39 is 0 Å². The highest BCUT2D eigenvalue weighted by atomic mass is 35.5. The number of nitrogens with zero attached hydrogens (tertiary/aromatic N) is 2. The third kappa shape index (κ3) is 2.07. The van der Waals surface area contributed by atoms with Gasteiger partial charge >= 0.3 is 5.97 Å². The second-order valence-electron chi connectivity index (χ2n) is 2.94. The lowest BCUT2D eigenvalue weighted by molar-refractivity contribution is -0.139. The minimum Gasteiger partial charge on any atom is -0.469 e. The summed E-state index contributed by atoms with van der Waals surface area (Å²) in [6.45, 7) is 1.97. The van der Waals surface area contributed by atoms with E-state index in [1.807, 2.05) is 6.92 Å². The number of carbonyl (C=O) groups excluding carboxylic acids is 1. The number of halogens is 1. The molecule has 4 nitrogen and oxygen atoms in total. The Balaban J connectivity index is 2.96. The van der Waals surface area contributed by atoms with Gasteiger partial charge in [0.2, 0.25) is 0 Å². The van der Waals surface area contributed by atoms with Crippen LogP contribution in [-0.4, -0.2) is 22.9 Å². The van der Waals surface area contributed by atoms with Crippen LogP contribution in [0.2, 0.25) is 5.02 Å². The summed E-state index contributed by atoms with van der Waals surface area (Å²) in [5.74, 6) is -0.308. The molecular weight excluding hydrogens is 204 g/mol. The zero-order chi connectivity index (χ0) is 10.7. The van der Waals surface area contributed by atoms with Gasteiger partial charge in [0, 0.05) is 7.05 Å². The van der Waals surface area contributed by atoms with Crippen molar-refractivity contribution in [1.29, 1.82) is 0 Å². The maximum atomic E-state index is 11.1. The van der Waals surface area contributed by atoms with Crippen LogP contribution >= 0.6 is 11.6 Å². The van der Waals surface area contributed by atoms with E-state index in [-0.39, 0.29) is 12.4 Å². The molecule has 14 heavy (non-hydrogen) atoms. The highest BCUT2D eigenvalue weighted by Gasteiger charge is 2.15. The molecular formula is C9H13ClN2O2. The normalized spacial score (nSPS) is 10.3. The van der Waals surface area contributed by atoms with E-state index in [0.29, 0.717) is 10.7 Å². The fourth-order valence-electron chi connectivity index (χ4n) is 1.22. The number of hydrogen-bond donors (Lipinski definition) is 0. The van der Waals surface area contributed by atoms with Gasteiger partial charge in [-0.2, -0.15) is 5.10 Å². The molecule has 0 aliphatic heterocycles. The van der Waals surface area contributed by atoms with Gasteiger partial charge in [-0.1, -0.05) is 18.5 Å². The molecule has 0 aliphatic rings. The van der Waals surface area contributed by atoms with Crippen molar-refractivity contribution in [2.45, 2.75) is 19.8 Å². The van der Waals surface area contributed by atoms with Crippen molar-refractivity contribution in [3.8, 4) is 0 Å². The van der Waals surface area contributed by atoms with Gasteiger partial charge in [-0.3, -0.25) is 9.48 Å². The smallest absolute Gasteiger partial charge is 0.311 e. The van der Waals surface area contributed by atoms with Crippen molar-refractivity contribution in [2.24, 2.45) is 7.05 Å². The van der Waals surface area contributed by atoms with Gasteiger partial charge in [0.25, 0.3) is 0 Å². The Bertz CT molecular complexity index is 347. The monoisotopic (exact) mass is 216 g/mol. The minimum absolute atomic E-state index is 0.166. The Morgan fingerprint density at radius 2 is 2.29 bits per heavy atom. The summed E-state index contributed by atoms with van der Waals surface area (Å²) < 4.78 is 6.19. The molecule has 1 aromatic rings. The molecule has 0 atom stereocenters. The second kappa shape index (κ2) is 4.46. The first-order valence-corrected chi connectivity index (χ1v) is 4.75. The first-order chi connectivity index (χ1) is 6.60. The lowest BCUT2D eigenvalue weighted by Crippen LogP contribution is -2.09. The third-order valence-corrected chi connectivity index (χ3v) is 2.48. The molecule has 0 aromatic carbocycles. The summed E-state index contributed by atoms with van der Waals surface area (Å²) in [6, 6.07) is 0. The van der Waals surface area contributed by atoms with E-state index in [1.54, 1.807) is 11.7 Å². The van der Waals surface area contributed by atoms with Crippen molar-refractivity contribution < 1.29 is 9.53 Å². The average Bonchev–Trinajstić information content (AvgIpc) is 2.44. The molecule has 0 unspecified atom stereocenters. The minimum atomic E-state index is -0.308. The maximum Gasteiger partial charge on any atom is 0.311 e. The standard InChI is InChI=1S/C9H13ClN2O2/c1-4-6-9(10)7(12(2)11-6)5-8(13)14-3/h4-5H2,1-3H3. The predicted octanol–water partition coefficient (Wildman–Crippen LogP) is 1.35. The molecule has 78 valence electrons. The topological polar surface area (TPSA) is 44.1 Å². The van der Waals surface area contributed by atoms with Crippen LogP contribution < -0.4 is 0 Å². The van der Waals surface area contributed by atoms with Crippen LogP contribution in [0.5, 0.6) is 0 Å². The molecule has 0 radical (unpaired) electrons. The average molecular weight is 217 g/mol. The lowest BCUT2D eigenvalue weighted by Gasteiger charge is -2.00. The van der Waals surface area contributed by atoms with Crippen molar-refractivity contribution >= 4 is 17.6 Å². The zero-order valence-corrected chi connectivity index (χ0v) is 9.26. The molecule has 0 spiro atoms. The van der Waals surface area contributed by atoms with E-state index in [1.165, 1.54) is 7.11 Å². The Labute approximate surface area is 87.8 Å². The van der Waals surface area contributed by atoms with Gasteiger partial charge in [0.05, 0.1) is 29.9 Å². The van der Waals surface area contributed by atoms with E-state index in [2.05, 4.69) is 9.84 Å². The number of aryl methyl sites for hydroxylation is 2. The summed E-state index contributed by atoms with van der Waals surface area (Å²) in [4.78, 5) is 11.1. The van der Waals surface area contributed by atoms with Gasteiger partial charge in [0.15, 0.2) is 0 Å². The summed E-state index contributed by atoms with van der Waals surface area (Å²) in [7, 11) is 3.12. The highest BCUT2D eigenvalue weighted by Crippen LogP contribution is 2.21.